The van der Waals surface area contributed by atoms with Gasteiger partial charge in [-0.3, -0.25) is 4.84 Å². The molecule has 1 atom stereocenters. The Labute approximate surface area is 209 Å². The predicted octanol–water partition coefficient (Wildman–Crippen LogP) is 5.84. The zero-order chi connectivity index (χ0) is 24.8. The number of nitrogens with one attached hydrogen (secondary N) is 1. The van der Waals surface area contributed by atoms with Gasteiger partial charge >= 0.3 is 6.03 Å². The molecular weight excluding hydrogens is 470 g/mol. The number of amides is 2. The van der Waals surface area contributed by atoms with Crippen LogP contribution in [0.2, 0.25) is 0 Å². The molecule has 1 fully saturated rings. The fourth-order valence-corrected chi connectivity index (χ4v) is 6.10. The largest absolute Gasteiger partial charge is 0.365 e. The summed E-state index contributed by atoms with van der Waals surface area (Å²) in [6, 6.07) is 13.0. The number of carbonyl (C=O) groups is 1. The highest BCUT2D eigenvalue weighted by atomic mass is 32.2. The molecular formula is C26H32F2N4O2S. The van der Waals surface area contributed by atoms with Gasteiger partial charge in [-0.25, -0.2) is 18.6 Å². The Morgan fingerprint density at radius 3 is 2.69 bits per heavy atom. The Morgan fingerprint density at radius 1 is 1.23 bits per heavy atom. The number of urea groups is 1. The quantitative estimate of drug-likeness (QED) is 0.346. The standard InChI is InChI=1S/C26H32F2N4O2S/c1-3-34-31(2)25(33)32-26(19-10-5-4-6-11-19,16-9-17-29-21-12-7-8-13-21)35-24(30-32)22-18-20(27)14-15-23(22)28/h4-6,10-11,14-15,18,21,29H,3,7-9,12-13,16-17H2,1-2H3. The van der Waals surface area contributed by atoms with Crippen LogP contribution in [-0.4, -0.2) is 47.4 Å². The fourth-order valence-electron chi connectivity index (χ4n) is 4.69. The summed E-state index contributed by atoms with van der Waals surface area (Å²) in [5.74, 6) is -1.15. The minimum absolute atomic E-state index is 0.0359. The summed E-state index contributed by atoms with van der Waals surface area (Å²) in [5, 5.41) is 11.0. The van der Waals surface area contributed by atoms with Crippen molar-refractivity contribution in [3.8, 4) is 0 Å². The molecule has 0 saturated heterocycles. The zero-order valence-corrected chi connectivity index (χ0v) is 21.0. The first-order chi connectivity index (χ1) is 16.9. The lowest BCUT2D eigenvalue weighted by molar-refractivity contribution is -0.105. The number of halogens is 2. The van der Waals surface area contributed by atoms with Crippen LogP contribution in [0.15, 0.2) is 53.6 Å². The molecule has 1 aliphatic heterocycles. The van der Waals surface area contributed by atoms with Crippen LogP contribution >= 0.6 is 11.8 Å². The van der Waals surface area contributed by atoms with Gasteiger partial charge in [-0.15, -0.1) is 0 Å². The highest BCUT2D eigenvalue weighted by molar-refractivity contribution is 8.15. The molecule has 1 N–H and O–H groups in total. The summed E-state index contributed by atoms with van der Waals surface area (Å²) in [5.41, 5.74) is 0.897. The fraction of sp³-hybridized carbons (Fsp3) is 0.462. The van der Waals surface area contributed by atoms with Gasteiger partial charge in [0.15, 0.2) is 0 Å². The molecule has 35 heavy (non-hydrogen) atoms. The zero-order valence-electron chi connectivity index (χ0n) is 20.2. The molecule has 1 heterocycles. The maximum absolute atomic E-state index is 14.8. The molecule has 0 spiro atoms. The molecule has 0 radical (unpaired) electrons. The van der Waals surface area contributed by atoms with Gasteiger partial charge in [-0.1, -0.05) is 54.9 Å². The number of carbonyl (C=O) groups excluding carboxylic acids is 1. The Kier molecular flexibility index (Phi) is 8.41. The molecule has 2 amide bonds. The van der Waals surface area contributed by atoms with E-state index in [4.69, 9.17) is 4.84 Å². The van der Waals surface area contributed by atoms with E-state index in [2.05, 4.69) is 10.4 Å². The van der Waals surface area contributed by atoms with E-state index in [0.717, 1.165) is 41.8 Å². The van der Waals surface area contributed by atoms with Gasteiger partial charge in [0.25, 0.3) is 0 Å². The maximum Gasteiger partial charge on any atom is 0.365 e. The number of thioether (sulfide) groups is 1. The van der Waals surface area contributed by atoms with Crippen molar-refractivity contribution in [1.82, 2.24) is 15.4 Å². The first kappa shape index (κ1) is 25.6. The molecule has 4 rings (SSSR count). The number of benzene rings is 2. The van der Waals surface area contributed by atoms with Crippen molar-refractivity contribution >= 4 is 22.8 Å². The molecule has 0 aromatic heterocycles. The molecule has 9 heteroatoms. The third-order valence-corrected chi connectivity index (χ3v) is 7.88. The summed E-state index contributed by atoms with van der Waals surface area (Å²) in [6.07, 6.45) is 6.22. The van der Waals surface area contributed by atoms with E-state index in [1.165, 1.54) is 49.5 Å². The van der Waals surface area contributed by atoms with Crippen molar-refractivity contribution in [1.29, 1.82) is 0 Å². The van der Waals surface area contributed by atoms with Crippen LogP contribution in [0.3, 0.4) is 0 Å². The van der Waals surface area contributed by atoms with Crippen molar-refractivity contribution in [3.05, 3.63) is 71.3 Å². The van der Waals surface area contributed by atoms with Crippen molar-refractivity contribution in [3.63, 3.8) is 0 Å². The second-order valence-electron chi connectivity index (χ2n) is 8.83. The van der Waals surface area contributed by atoms with E-state index in [-0.39, 0.29) is 10.6 Å². The van der Waals surface area contributed by atoms with Gasteiger partial charge in [0.1, 0.15) is 21.5 Å². The first-order valence-electron chi connectivity index (χ1n) is 12.2. The van der Waals surface area contributed by atoms with E-state index in [1.807, 2.05) is 30.3 Å². The van der Waals surface area contributed by atoms with E-state index >= 15 is 0 Å². The Balaban J connectivity index is 1.69. The van der Waals surface area contributed by atoms with E-state index in [0.29, 0.717) is 19.1 Å². The molecule has 1 aliphatic carbocycles. The van der Waals surface area contributed by atoms with Gasteiger partial charge in [0.2, 0.25) is 0 Å². The lowest BCUT2D eigenvalue weighted by Crippen LogP contribution is -2.47. The molecule has 1 saturated carbocycles. The Hall–Kier alpha value is -2.49. The number of rotatable bonds is 9. The number of hydroxylamine groups is 2. The highest BCUT2D eigenvalue weighted by Gasteiger charge is 2.49. The van der Waals surface area contributed by atoms with Crippen molar-refractivity contribution in [2.45, 2.75) is 56.4 Å². The molecule has 6 nitrogen and oxygen atoms in total. The molecule has 2 aromatic carbocycles. The summed E-state index contributed by atoms with van der Waals surface area (Å²) in [7, 11) is 1.53. The molecule has 2 aromatic rings. The second-order valence-corrected chi connectivity index (χ2v) is 10.1. The highest BCUT2D eigenvalue weighted by Crippen LogP contribution is 2.51. The van der Waals surface area contributed by atoms with Crippen LogP contribution in [0, 0.1) is 11.6 Å². The number of hydrogen-bond donors (Lipinski definition) is 1. The van der Waals surface area contributed by atoms with Crippen LogP contribution in [0.4, 0.5) is 13.6 Å². The minimum atomic E-state index is -0.935. The number of hydrogen-bond acceptors (Lipinski definition) is 5. The SMILES string of the molecule is CCON(C)C(=O)N1N=C(c2cc(F)ccc2F)SC1(CCCNC1CCCC1)c1ccccc1. The van der Waals surface area contributed by atoms with Crippen LogP contribution < -0.4 is 5.32 Å². The number of nitrogens with zero attached hydrogens (tertiary/aromatic N) is 3. The first-order valence-corrected chi connectivity index (χ1v) is 13.0. The van der Waals surface area contributed by atoms with Crippen molar-refractivity contribution < 1.29 is 18.4 Å². The van der Waals surface area contributed by atoms with E-state index < -0.39 is 22.5 Å². The van der Waals surface area contributed by atoms with Crippen LogP contribution in [-0.2, 0) is 9.71 Å². The minimum Gasteiger partial charge on any atom is -0.314 e. The molecule has 188 valence electrons. The van der Waals surface area contributed by atoms with E-state index in [1.54, 1.807) is 6.92 Å². The predicted molar refractivity (Wildman–Crippen MR) is 135 cm³/mol. The average Bonchev–Trinajstić information content (AvgIpc) is 3.52. The number of hydrazone groups is 1. The molecule has 0 bridgehead atoms. The monoisotopic (exact) mass is 502 g/mol. The summed E-state index contributed by atoms with van der Waals surface area (Å²) in [6.45, 7) is 2.90. The van der Waals surface area contributed by atoms with Gasteiger partial charge < -0.3 is 5.32 Å². The summed E-state index contributed by atoms with van der Waals surface area (Å²) < 4.78 is 28.8. The second kappa shape index (κ2) is 11.5. The molecule has 2 aliphatic rings. The van der Waals surface area contributed by atoms with Crippen LogP contribution in [0.25, 0.3) is 0 Å². The Morgan fingerprint density at radius 2 is 1.97 bits per heavy atom. The van der Waals surface area contributed by atoms with E-state index in [9.17, 15) is 13.6 Å². The summed E-state index contributed by atoms with van der Waals surface area (Å²) in [4.78, 5) is 18.0. The topological polar surface area (TPSA) is 57.2 Å². The molecule has 1 unspecified atom stereocenters. The Bertz CT molecular complexity index is 1050. The lowest BCUT2D eigenvalue weighted by atomic mass is 10.00. The van der Waals surface area contributed by atoms with Crippen LogP contribution in [0.5, 0.6) is 0 Å². The van der Waals surface area contributed by atoms with Crippen molar-refractivity contribution in [2.75, 3.05) is 20.2 Å². The van der Waals surface area contributed by atoms with Gasteiger partial charge in [0, 0.05) is 18.7 Å². The van der Waals surface area contributed by atoms with Gasteiger partial charge in [-0.2, -0.15) is 10.1 Å². The van der Waals surface area contributed by atoms with Gasteiger partial charge in [-0.05, 0) is 62.9 Å². The average molecular weight is 503 g/mol. The third-order valence-electron chi connectivity index (χ3n) is 6.44. The van der Waals surface area contributed by atoms with Crippen LogP contribution in [0.1, 0.15) is 56.6 Å². The smallest absolute Gasteiger partial charge is 0.314 e. The lowest BCUT2D eigenvalue weighted by Gasteiger charge is -2.37. The maximum atomic E-state index is 14.8. The van der Waals surface area contributed by atoms with Gasteiger partial charge in [0.05, 0.1) is 6.61 Å². The summed E-state index contributed by atoms with van der Waals surface area (Å²) >= 11 is 1.28. The normalized spacial score (nSPS) is 20.3. The third kappa shape index (κ3) is 5.68. The van der Waals surface area contributed by atoms with Crippen molar-refractivity contribution in [2.24, 2.45) is 5.10 Å².